The molecule has 0 fully saturated rings. The second kappa shape index (κ2) is 9.82. The van der Waals surface area contributed by atoms with Crippen LogP contribution in [0.2, 0.25) is 0 Å². The summed E-state index contributed by atoms with van der Waals surface area (Å²) in [4.78, 5) is 34.0. The van der Waals surface area contributed by atoms with E-state index in [4.69, 9.17) is 4.74 Å². The molecule has 37 heavy (non-hydrogen) atoms. The van der Waals surface area contributed by atoms with Crippen LogP contribution in [0.1, 0.15) is 11.1 Å². The number of aromatic nitrogens is 4. The van der Waals surface area contributed by atoms with Crippen molar-refractivity contribution < 1.29 is 22.7 Å². The lowest BCUT2D eigenvalue weighted by molar-refractivity contribution is -0.137. The number of thiazole rings is 1. The van der Waals surface area contributed by atoms with E-state index in [1.54, 1.807) is 54.9 Å². The minimum atomic E-state index is -4.61. The molecule has 0 atom stereocenters. The number of amides is 1. The maximum atomic E-state index is 13.2. The summed E-state index contributed by atoms with van der Waals surface area (Å²) in [5.41, 5.74) is -0.458. The Bertz CT molecular complexity index is 1700. The van der Waals surface area contributed by atoms with E-state index in [9.17, 15) is 22.8 Å². The summed E-state index contributed by atoms with van der Waals surface area (Å²) in [6.45, 7) is -0.536. The number of hydrogen-bond donors (Lipinski definition) is 1. The van der Waals surface area contributed by atoms with Crippen molar-refractivity contribution in [1.29, 1.82) is 0 Å². The zero-order chi connectivity index (χ0) is 26.0. The fourth-order valence-electron chi connectivity index (χ4n) is 3.50. The van der Waals surface area contributed by atoms with Gasteiger partial charge in [-0.25, -0.2) is 0 Å². The standard InChI is InChI=1S/C25H16F3N5O3S/c26-25(27,28)17-6-2-3-7-18(17)30-21(34)14-36-19-8-4-1-5-16(19)13-20-23(35)33-24(37-20)31-22(32-33)15-9-11-29-12-10-15/h1-13H,14H2,(H,30,34)/b20-13-. The maximum Gasteiger partial charge on any atom is 0.418 e. The molecule has 0 unspecified atom stereocenters. The van der Waals surface area contributed by atoms with Crippen molar-refractivity contribution in [3.8, 4) is 17.1 Å². The smallest absolute Gasteiger partial charge is 0.418 e. The molecular formula is C25H16F3N5O3S. The lowest BCUT2D eigenvalue weighted by atomic mass is 10.1. The summed E-state index contributed by atoms with van der Waals surface area (Å²) in [6.07, 6.45) is 0.181. The summed E-state index contributed by atoms with van der Waals surface area (Å²) in [6, 6.07) is 14.8. The summed E-state index contributed by atoms with van der Waals surface area (Å²) in [7, 11) is 0. The van der Waals surface area contributed by atoms with Gasteiger partial charge in [0.25, 0.3) is 11.5 Å². The lowest BCUT2D eigenvalue weighted by Crippen LogP contribution is -2.24. The molecule has 0 spiro atoms. The minimum absolute atomic E-state index is 0.276. The van der Waals surface area contributed by atoms with Gasteiger partial charge in [0.2, 0.25) is 4.96 Å². The molecule has 0 aliphatic heterocycles. The third-order valence-corrected chi connectivity index (χ3v) is 6.15. The first-order chi connectivity index (χ1) is 17.8. The van der Waals surface area contributed by atoms with Crippen LogP contribution in [0, 0.1) is 0 Å². The molecule has 1 amide bonds. The minimum Gasteiger partial charge on any atom is -0.483 e. The average Bonchev–Trinajstić information content (AvgIpc) is 3.43. The number of pyridine rings is 1. The molecule has 5 aromatic rings. The summed E-state index contributed by atoms with van der Waals surface area (Å²) in [5.74, 6) is -0.0878. The Balaban J connectivity index is 1.36. The normalized spacial score (nSPS) is 12.1. The SMILES string of the molecule is O=C(COc1ccccc1/C=c1\sc2nc(-c3ccncc3)nn2c1=O)Nc1ccccc1C(F)(F)F. The van der Waals surface area contributed by atoms with Gasteiger partial charge in [-0.2, -0.15) is 22.7 Å². The Morgan fingerprint density at radius 1 is 1.05 bits per heavy atom. The van der Waals surface area contributed by atoms with E-state index in [1.165, 1.54) is 22.7 Å². The van der Waals surface area contributed by atoms with Gasteiger partial charge in [-0.3, -0.25) is 14.6 Å². The first-order valence-electron chi connectivity index (χ1n) is 10.8. The van der Waals surface area contributed by atoms with Gasteiger partial charge in [-0.15, -0.1) is 5.10 Å². The second-order valence-corrected chi connectivity index (χ2v) is 8.71. The van der Waals surface area contributed by atoms with Crippen molar-refractivity contribution in [2.75, 3.05) is 11.9 Å². The number of nitrogens with one attached hydrogen (secondary N) is 1. The fraction of sp³-hybridized carbons (Fsp3) is 0.0800. The van der Waals surface area contributed by atoms with Crippen molar-refractivity contribution in [2.24, 2.45) is 0 Å². The van der Waals surface area contributed by atoms with Crippen molar-refractivity contribution in [2.45, 2.75) is 6.18 Å². The zero-order valence-electron chi connectivity index (χ0n) is 18.8. The van der Waals surface area contributed by atoms with Crippen LogP contribution in [0.3, 0.4) is 0 Å². The quantitative estimate of drug-likeness (QED) is 0.364. The number of rotatable bonds is 6. The van der Waals surface area contributed by atoms with Crippen molar-refractivity contribution in [3.63, 3.8) is 0 Å². The predicted molar refractivity (Wildman–Crippen MR) is 131 cm³/mol. The van der Waals surface area contributed by atoms with Gasteiger partial charge in [0, 0.05) is 23.5 Å². The Hall–Kier alpha value is -4.58. The highest BCUT2D eigenvalue weighted by molar-refractivity contribution is 7.15. The van der Waals surface area contributed by atoms with Crippen LogP contribution in [-0.4, -0.2) is 32.1 Å². The summed E-state index contributed by atoms with van der Waals surface area (Å²) in [5, 5.41) is 6.52. The number of ether oxygens (including phenoxy) is 1. The van der Waals surface area contributed by atoms with E-state index < -0.39 is 24.3 Å². The molecule has 3 heterocycles. The number of nitrogens with zero attached hydrogens (tertiary/aromatic N) is 4. The lowest BCUT2D eigenvalue weighted by Gasteiger charge is -2.14. The van der Waals surface area contributed by atoms with Crippen molar-refractivity contribution >= 4 is 34.0 Å². The second-order valence-electron chi connectivity index (χ2n) is 7.70. The fourth-order valence-corrected chi connectivity index (χ4v) is 4.40. The van der Waals surface area contributed by atoms with Crippen LogP contribution in [0.5, 0.6) is 5.75 Å². The highest BCUT2D eigenvalue weighted by atomic mass is 32.1. The Labute approximate surface area is 210 Å². The average molecular weight is 523 g/mol. The van der Waals surface area contributed by atoms with Gasteiger partial charge in [0.15, 0.2) is 12.4 Å². The number of fused-ring (bicyclic) bond motifs is 1. The number of benzene rings is 2. The highest BCUT2D eigenvalue weighted by Gasteiger charge is 2.33. The van der Waals surface area contributed by atoms with Crippen LogP contribution in [0.25, 0.3) is 22.4 Å². The number of para-hydroxylation sites is 2. The van der Waals surface area contributed by atoms with Gasteiger partial charge in [0.05, 0.1) is 15.8 Å². The highest BCUT2D eigenvalue weighted by Crippen LogP contribution is 2.34. The summed E-state index contributed by atoms with van der Waals surface area (Å²) < 4.78 is 46.7. The number of hydrogen-bond acceptors (Lipinski definition) is 7. The first kappa shape index (κ1) is 24.1. The summed E-state index contributed by atoms with van der Waals surface area (Å²) >= 11 is 1.14. The molecule has 8 nitrogen and oxygen atoms in total. The van der Waals surface area contributed by atoms with E-state index in [-0.39, 0.29) is 17.0 Å². The van der Waals surface area contributed by atoms with Crippen molar-refractivity contribution in [3.05, 3.63) is 99.1 Å². The molecule has 0 radical (unpaired) electrons. The number of halogens is 3. The third-order valence-electron chi connectivity index (χ3n) is 5.19. The number of carbonyl (C=O) groups is 1. The zero-order valence-corrected chi connectivity index (χ0v) is 19.6. The Morgan fingerprint density at radius 3 is 2.54 bits per heavy atom. The molecule has 12 heteroatoms. The third kappa shape index (κ3) is 5.19. The molecule has 1 N–H and O–H groups in total. The van der Waals surface area contributed by atoms with E-state index in [1.807, 2.05) is 0 Å². The molecular weight excluding hydrogens is 507 g/mol. The molecule has 3 aromatic heterocycles. The number of carbonyl (C=O) groups excluding carboxylic acids is 1. The van der Waals surface area contributed by atoms with Crippen LogP contribution in [-0.2, 0) is 11.0 Å². The van der Waals surface area contributed by atoms with E-state index in [0.29, 0.717) is 20.9 Å². The Kier molecular flexibility index (Phi) is 6.40. The molecule has 0 aliphatic rings. The van der Waals surface area contributed by atoms with Crippen LogP contribution < -0.4 is 20.1 Å². The molecule has 186 valence electrons. The van der Waals surface area contributed by atoms with E-state index in [0.717, 1.165) is 23.0 Å². The Morgan fingerprint density at radius 2 is 1.78 bits per heavy atom. The first-order valence-corrected chi connectivity index (χ1v) is 11.6. The largest absolute Gasteiger partial charge is 0.483 e. The molecule has 0 aliphatic carbocycles. The van der Waals surface area contributed by atoms with Crippen LogP contribution >= 0.6 is 11.3 Å². The molecule has 5 rings (SSSR count). The number of anilines is 1. The number of alkyl halides is 3. The van der Waals surface area contributed by atoms with Gasteiger partial charge in [0.1, 0.15) is 5.75 Å². The predicted octanol–water partition coefficient (Wildman–Crippen LogP) is 3.80. The molecule has 0 bridgehead atoms. The van der Waals surface area contributed by atoms with E-state index in [2.05, 4.69) is 20.4 Å². The molecule has 0 saturated heterocycles. The van der Waals surface area contributed by atoms with Crippen molar-refractivity contribution in [1.82, 2.24) is 19.6 Å². The molecule has 0 saturated carbocycles. The van der Waals surface area contributed by atoms with Crippen LogP contribution in [0.4, 0.5) is 18.9 Å². The van der Waals surface area contributed by atoms with Crippen LogP contribution in [0.15, 0.2) is 77.9 Å². The monoisotopic (exact) mass is 523 g/mol. The van der Waals surface area contributed by atoms with Gasteiger partial charge >= 0.3 is 6.18 Å². The van der Waals surface area contributed by atoms with E-state index >= 15 is 0 Å². The van der Waals surface area contributed by atoms with Gasteiger partial charge in [-0.05, 0) is 36.4 Å². The van der Waals surface area contributed by atoms with Gasteiger partial charge in [-0.1, -0.05) is 41.7 Å². The maximum absolute atomic E-state index is 13.2. The van der Waals surface area contributed by atoms with Gasteiger partial charge < -0.3 is 10.1 Å². The molecule has 2 aromatic carbocycles. The topological polar surface area (TPSA) is 98.5 Å².